The summed E-state index contributed by atoms with van der Waals surface area (Å²) >= 11 is 0. The Bertz CT molecular complexity index is 1940. The van der Waals surface area contributed by atoms with Crippen LogP contribution in [0.25, 0.3) is 27.5 Å². The molecule has 0 aliphatic heterocycles. The number of rotatable bonds is 10. The number of benzene rings is 3. The summed E-state index contributed by atoms with van der Waals surface area (Å²) in [6.07, 6.45) is 4.19. The van der Waals surface area contributed by atoms with E-state index in [-0.39, 0.29) is 11.3 Å². The number of anilines is 1. The summed E-state index contributed by atoms with van der Waals surface area (Å²) in [5, 5.41) is 10.3. The fourth-order valence-electron chi connectivity index (χ4n) is 5.34. The van der Waals surface area contributed by atoms with Gasteiger partial charge in [0.1, 0.15) is 17.2 Å². The van der Waals surface area contributed by atoms with E-state index in [0.29, 0.717) is 28.8 Å². The second-order valence-electron chi connectivity index (χ2n) is 10.5. The van der Waals surface area contributed by atoms with Crippen LogP contribution in [0.4, 0.5) is 5.69 Å². The van der Waals surface area contributed by atoms with Gasteiger partial charge in [0, 0.05) is 53.7 Å². The molecule has 234 valence electrons. The van der Waals surface area contributed by atoms with Crippen molar-refractivity contribution >= 4 is 33.9 Å². The molecule has 3 aromatic carbocycles. The van der Waals surface area contributed by atoms with Crippen LogP contribution >= 0.6 is 0 Å². The molecule has 8 nitrogen and oxygen atoms in total. The fourth-order valence-corrected chi connectivity index (χ4v) is 5.34. The van der Waals surface area contributed by atoms with Crippen LogP contribution in [0.3, 0.4) is 0 Å². The minimum Gasteiger partial charge on any atom is -0.497 e. The Kier molecular flexibility index (Phi) is 9.97. The summed E-state index contributed by atoms with van der Waals surface area (Å²) < 4.78 is 13.0. The summed E-state index contributed by atoms with van der Waals surface area (Å²) in [4.78, 5) is 31.6. The van der Waals surface area contributed by atoms with E-state index in [1.54, 1.807) is 37.4 Å². The van der Waals surface area contributed by atoms with Crippen molar-refractivity contribution in [3.63, 3.8) is 0 Å². The molecule has 6 aromatic rings. The Labute approximate surface area is 268 Å². The van der Waals surface area contributed by atoms with E-state index in [0.717, 1.165) is 24.5 Å². The van der Waals surface area contributed by atoms with E-state index in [1.807, 2.05) is 43.3 Å². The summed E-state index contributed by atoms with van der Waals surface area (Å²) in [6, 6.07) is 30.5. The molecule has 0 aliphatic rings. The van der Waals surface area contributed by atoms with E-state index in [1.165, 1.54) is 22.7 Å². The van der Waals surface area contributed by atoms with Gasteiger partial charge in [0.05, 0.1) is 30.4 Å². The topological polar surface area (TPSA) is 93.4 Å². The zero-order chi connectivity index (χ0) is 32.6. The molecule has 0 fully saturated rings. The largest absolute Gasteiger partial charge is 0.497 e. The van der Waals surface area contributed by atoms with Gasteiger partial charge in [-0.05, 0) is 80.9 Å². The van der Waals surface area contributed by atoms with E-state index < -0.39 is 11.8 Å². The highest BCUT2D eigenvalue weighted by Gasteiger charge is 2.24. The van der Waals surface area contributed by atoms with Crippen LogP contribution in [0.15, 0.2) is 109 Å². The minimum absolute atomic E-state index is 0.0901. The average Bonchev–Trinajstić information content (AvgIpc) is 3.53. The van der Waals surface area contributed by atoms with Crippen LogP contribution < -0.4 is 14.4 Å². The number of aromatic nitrogens is 2. The third-order valence-electron chi connectivity index (χ3n) is 7.74. The molecule has 0 unspecified atom stereocenters. The number of hydrogen-bond donors (Lipinski definition) is 1. The van der Waals surface area contributed by atoms with Crippen LogP contribution in [0, 0.1) is 0 Å². The Balaban J connectivity index is 0.000000207. The Morgan fingerprint density at radius 1 is 0.826 bits per heavy atom. The second-order valence-corrected chi connectivity index (χ2v) is 10.5. The smallest absolute Gasteiger partial charge is 0.338 e. The highest BCUT2D eigenvalue weighted by Crippen LogP contribution is 2.30. The van der Waals surface area contributed by atoms with Gasteiger partial charge in [0.2, 0.25) is 5.78 Å². The van der Waals surface area contributed by atoms with Crippen molar-refractivity contribution in [3.8, 4) is 22.6 Å². The number of carbonyl (C=O) groups is 2. The maximum Gasteiger partial charge on any atom is 0.338 e. The molecule has 46 heavy (non-hydrogen) atoms. The van der Waals surface area contributed by atoms with Crippen molar-refractivity contribution in [1.82, 2.24) is 9.38 Å². The number of para-hydroxylation sites is 1. The third-order valence-corrected chi connectivity index (χ3v) is 7.74. The summed E-state index contributed by atoms with van der Waals surface area (Å²) in [7, 11) is 1.68. The number of nitrogens with zero attached hydrogens (tertiary/aromatic N) is 3. The second kappa shape index (κ2) is 14.4. The van der Waals surface area contributed by atoms with E-state index in [2.05, 4.69) is 64.8 Å². The average molecular weight is 616 g/mol. The molecule has 0 spiro atoms. The van der Waals surface area contributed by atoms with Gasteiger partial charge >= 0.3 is 5.97 Å². The maximum absolute atomic E-state index is 13.3. The monoisotopic (exact) mass is 615 g/mol. The number of pyridine rings is 2. The first-order chi connectivity index (χ1) is 22.4. The standard InChI is InChI=1S/C23H24N2O4.C15H13NO/c1-4-25(5-2)16-11-12-17(20(14-16)29-6-3)22(26)21-18(23(27)28)13-15-9-7-8-10-19(15)24-21;1-17-15-7-5-12(6-8-15)13-10-14-4-2-3-9-16(14)11-13/h7-14H,4-6H2,1-3H3,(H,27,28);2-11H,1H3. The first kappa shape index (κ1) is 31.8. The van der Waals surface area contributed by atoms with Crippen LogP contribution in [-0.2, 0) is 0 Å². The van der Waals surface area contributed by atoms with Crippen molar-refractivity contribution in [3.05, 3.63) is 126 Å². The quantitative estimate of drug-likeness (QED) is 0.156. The molecule has 0 aliphatic carbocycles. The summed E-state index contributed by atoms with van der Waals surface area (Å²) in [5.41, 5.74) is 5.23. The van der Waals surface area contributed by atoms with Crippen molar-refractivity contribution < 1.29 is 24.2 Å². The van der Waals surface area contributed by atoms with Crippen LogP contribution in [0.5, 0.6) is 11.5 Å². The fraction of sp³-hybridized carbons (Fsp3) is 0.184. The molecule has 1 N–H and O–H groups in total. The van der Waals surface area contributed by atoms with Gasteiger partial charge in [-0.15, -0.1) is 0 Å². The molecule has 0 saturated heterocycles. The van der Waals surface area contributed by atoms with Crippen molar-refractivity contribution in [1.29, 1.82) is 0 Å². The first-order valence-electron chi connectivity index (χ1n) is 15.3. The van der Waals surface area contributed by atoms with Crippen molar-refractivity contribution in [2.75, 3.05) is 31.7 Å². The number of ether oxygens (including phenoxy) is 2. The van der Waals surface area contributed by atoms with Crippen molar-refractivity contribution in [2.24, 2.45) is 0 Å². The lowest BCUT2D eigenvalue weighted by Crippen LogP contribution is -2.22. The number of aromatic carboxylic acids is 1. The van der Waals surface area contributed by atoms with Crippen LogP contribution in [-0.4, -0.2) is 53.0 Å². The van der Waals surface area contributed by atoms with Crippen molar-refractivity contribution in [2.45, 2.75) is 20.8 Å². The highest BCUT2D eigenvalue weighted by atomic mass is 16.5. The number of ketones is 1. The molecule has 0 bridgehead atoms. The zero-order valence-corrected chi connectivity index (χ0v) is 26.4. The van der Waals surface area contributed by atoms with E-state index in [4.69, 9.17) is 9.47 Å². The molecule has 3 aromatic heterocycles. The van der Waals surface area contributed by atoms with Gasteiger partial charge in [0.25, 0.3) is 0 Å². The number of carboxylic acids is 1. The van der Waals surface area contributed by atoms with Crippen LogP contribution in [0.2, 0.25) is 0 Å². The first-order valence-corrected chi connectivity index (χ1v) is 15.3. The molecule has 3 heterocycles. The normalized spacial score (nSPS) is 10.7. The summed E-state index contributed by atoms with van der Waals surface area (Å²) in [5.74, 6) is -0.349. The Hall–Kier alpha value is -5.63. The zero-order valence-electron chi connectivity index (χ0n) is 26.4. The number of hydrogen-bond acceptors (Lipinski definition) is 6. The number of methoxy groups -OCH3 is 1. The predicted octanol–water partition coefficient (Wildman–Crippen LogP) is 8.02. The van der Waals surface area contributed by atoms with Gasteiger partial charge < -0.3 is 23.9 Å². The lowest BCUT2D eigenvalue weighted by atomic mass is 10.0. The minimum atomic E-state index is -1.19. The third kappa shape index (κ3) is 6.86. The van der Waals surface area contributed by atoms with Gasteiger partial charge in [0.15, 0.2) is 0 Å². The van der Waals surface area contributed by atoms with Gasteiger partial charge in [-0.3, -0.25) is 4.79 Å². The molecule has 0 amide bonds. The van der Waals surface area contributed by atoms with E-state index >= 15 is 0 Å². The number of carboxylic acid groups (broad SMARTS) is 1. The van der Waals surface area contributed by atoms with Gasteiger partial charge in [-0.25, -0.2) is 9.78 Å². The molecule has 8 heteroatoms. The Morgan fingerprint density at radius 3 is 2.24 bits per heavy atom. The van der Waals surface area contributed by atoms with Crippen LogP contribution in [0.1, 0.15) is 47.2 Å². The molecule has 0 saturated carbocycles. The molecular formula is C38H37N3O5. The molecule has 6 rings (SSSR count). The predicted molar refractivity (Wildman–Crippen MR) is 183 cm³/mol. The molecular weight excluding hydrogens is 578 g/mol. The lowest BCUT2D eigenvalue weighted by molar-refractivity contribution is 0.0692. The summed E-state index contributed by atoms with van der Waals surface area (Å²) in [6.45, 7) is 7.99. The Morgan fingerprint density at radius 2 is 1.57 bits per heavy atom. The van der Waals surface area contributed by atoms with Gasteiger partial charge in [-0.1, -0.05) is 36.4 Å². The lowest BCUT2D eigenvalue weighted by Gasteiger charge is -2.22. The number of fused-ring (bicyclic) bond motifs is 2. The highest BCUT2D eigenvalue weighted by molar-refractivity contribution is 6.15. The van der Waals surface area contributed by atoms with Gasteiger partial charge in [-0.2, -0.15) is 0 Å². The SMILES string of the molecule is CCOc1cc(N(CC)CC)ccc1C(=O)c1nc2ccccc2cc1C(=O)O.COc1ccc(-c2cc3ccccn3c2)cc1. The van der Waals surface area contributed by atoms with E-state index in [9.17, 15) is 14.7 Å². The number of carbonyl (C=O) groups excluding carboxylic acids is 1. The molecule has 0 radical (unpaired) electrons. The maximum atomic E-state index is 13.3. The molecule has 0 atom stereocenters.